The van der Waals surface area contributed by atoms with E-state index in [1.54, 1.807) is 31.4 Å². The Balaban J connectivity index is 1.13. The Bertz CT molecular complexity index is 1700. The second-order valence-corrected chi connectivity index (χ2v) is 12.5. The molecule has 0 fully saturated rings. The number of benzene rings is 2. The van der Waals surface area contributed by atoms with Gasteiger partial charge in [-0.05, 0) is 54.7 Å². The number of hydrogen-bond acceptors (Lipinski definition) is 16. The van der Waals surface area contributed by atoms with Crippen molar-refractivity contribution in [2.45, 2.75) is 25.7 Å². The van der Waals surface area contributed by atoms with Gasteiger partial charge in [-0.25, -0.2) is 14.8 Å². The zero-order chi connectivity index (χ0) is 41.8. The molecule has 1 aromatic heterocycles. The van der Waals surface area contributed by atoms with Crippen molar-refractivity contribution in [3.8, 4) is 5.75 Å². The Morgan fingerprint density at radius 1 is 0.707 bits per heavy atom. The molecular formula is C38H53ClN8O11. The van der Waals surface area contributed by atoms with Crippen LogP contribution < -0.4 is 32.6 Å². The van der Waals surface area contributed by atoms with Gasteiger partial charge in [-0.15, -0.1) is 0 Å². The van der Waals surface area contributed by atoms with Gasteiger partial charge in [-0.2, -0.15) is 0 Å². The van der Waals surface area contributed by atoms with Crippen molar-refractivity contribution in [1.29, 1.82) is 0 Å². The summed E-state index contributed by atoms with van der Waals surface area (Å²) in [4.78, 5) is 48.2. The van der Waals surface area contributed by atoms with Crippen molar-refractivity contribution in [1.82, 2.24) is 15.3 Å². The van der Waals surface area contributed by atoms with E-state index in [2.05, 4.69) is 25.6 Å². The fourth-order valence-electron chi connectivity index (χ4n) is 4.71. The van der Waals surface area contributed by atoms with Crippen molar-refractivity contribution < 1.29 is 52.3 Å². The monoisotopic (exact) mass is 832 g/mol. The van der Waals surface area contributed by atoms with Gasteiger partial charge in [0.2, 0.25) is 0 Å². The summed E-state index contributed by atoms with van der Waals surface area (Å²) in [5, 5.41) is 4.90. The van der Waals surface area contributed by atoms with Crippen LogP contribution in [0.1, 0.15) is 34.5 Å². The predicted molar refractivity (Wildman–Crippen MR) is 216 cm³/mol. The number of carbonyl (C=O) groups excluding carboxylic acids is 3. The molecule has 0 spiro atoms. The number of guanidine groups is 1. The molecule has 20 heteroatoms. The first-order chi connectivity index (χ1) is 28.1. The van der Waals surface area contributed by atoms with E-state index in [0.717, 1.165) is 36.1 Å². The number of amides is 2. The molecule has 0 bridgehead atoms. The zero-order valence-corrected chi connectivity index (χ0v) is 33.3. The third-order valence-corrected chi connectivity index (χ3v) is 7.89. The van der Waals surface area contributed by atoms with Gasteiger partial charge >= 0.3 is 12.1 Å². The maximum atomic E-state index is 12.3. The lowest BCUT2D eigenvalue weighted by atomic mass is 10.1. The number of methoxy groups -OCH3 is 1. The summed E-state index contributed by atoms with van der Waals surface area (Å²) >= 11 is 5.81. The van der Waals surface area contributed by atoms with Crippen LogP contribution in [0.5, 0.6) is 5.75 Å². The first-order valence-corrected chi connectivity index (χ1v) is 18.9. The minimum absolute atomic E-state index is 0.0661. The second kappa shape index (κ2) is 28.1. The van der Waals surface area contributed by atoms with Crippen molar-refractivity contribution in [3.05, 3.63) is 70.5 Å². The molecule has 58 heavy (non-hydrogen) atoms. The summed E-state index contributed by atoms with van der Waals surface area (Å²) < 4.78 is 42.6. The van der Waals surface area contributed by atoms with E-state index in [0.29, 0.717) is 65.1 Å². The number of rotatable bonds is 28. The number of ether oxygens (including phenoxy) is 8. The molecule has 0 aliphatic rings. The molecule has 0 atom stereocenters. The Labute approximate surface area is 342 Å². The maximum Gasteiger partial charge on any atom is 0.411 e. The fourth-order valence-corrected chi connectivity index (χ4v) is 4.83. The Morgan fingerprint density at radius 3 is 1.95 bits per heavy atom. The van der Waals surface area contributed by atoms with Crippen LogP contribution in [0.25, 0.3) is 0 Å². The fraction of sp³-hybridized carbons (Fsp3) is 0.474. The van der Waals surface area contributed by atoms with Gasteiger partial charge in [-0.3, -0.25) is 25.2 Å². The molecule has 0 saturated carbocycles. The number of aryl methyl sites for hydroxylation is 1. The van der Waals surface area contributed by atoms with Crippen molar-refractivity contribution in [2.75, 3.05) is 110 Å². The summed E-state index contributed by atoms with van der Waals surface area (Å²) in [7, 11) is 1.61. The number of carbonyl (C=O) groups is 3. The number of nitrogens with one attached hydrogen (secondary N) is 2. The smallest absolute Gasteiger partial charge is 0.411 e. The quantitative estimate of drug-likeness (QED) is 0.0305. The molecule has 2 aromatic carbocycles. The Morgan fingerprint density at radius 2 is 1.29 bits per heavy atom. The van der Waals surface area contributed by atoms with Gasteiger partial charge in [0, 0.05) is 19.3 Å². The molecule has 0 aliphatic heterocycles. The van der Waals surface area contributed by atoms with E-state index in [1.807, 2.05) is 24.3 Å². The second-order valence-electron chi connectivity index (χ2n) is 12.1. The van der Waals surface area contributed by atoms with E-state index in [4.69, 9.17) is 66.7 Å². The van der Waals surface area contributed by atoms with Crippen LogP contribution in [-0.4, -0.2) is 127 Å². The minimum atomic E-state index is -0.686. The first kappa shape index (κ1) is 47.1. The Hall–Kier alpha value is -5.31. The number of esters is 1. The summed E-state index contributed by atoms with van der Waals surface area (Å²) in [6.45, 7) is 4.44. The van der Waals surface area contributed by atoms with Gasteiger partial charge < -0.3 is 55.1 Å². The van der Waals surface area contributed by atoms with Crippen LogP contribution >= 0.6 is 11.6 Å². The number of aromatic nitrogens is 2. The Kier molecular flexibility index (Phi) is 22.8. The highest BCUT2D eigenvalue weighted by Crippen LogP contribution is 2.17. The molecule has 0 unspecified atom stereocenters. The number of halogens is 1. The van der Waals surface area contributed by atoms with Gasteiger partial charge in [0.1, 0.15) is 25.6 Å². The maximum absolute atomic E-state index is 12.3. The van der Waals surface area contributed by atoms with E-state index < -0.39 is 12.0 Å². The number of nitrogens with two attached hydrogens (primary N) is 3. The largest absolute Gasteiger partial charge is 0.491 e. The predicted octanol–water partition coefficient (Wildman–Crippen LogP) is 2.79. The molecule has 2 amide bonds. The summed E-state index contributed by atoms with van der Waals surface area (Å²) in [6, 6.07) is 14.6. The van der Waals surface area contributed by atoms with Gasteiger partial charge in [-0.1, -0.05) is 35.9 Å². The molecular weight excluding hydrogens is 780 g/mol. The normalized spacial score (nSPS) is 11.2. The molecule has 3 rings (SSSR count). The number of nitrogens with zero attached hydrogens (tertiary/aromatic N) is 3. The highest BCUT2D eigenvalue weighted by Gasteiger charge is 2.16. The van der Waals surface area contributed by atoms with E-state index in [-0.39, 0.29) is 67.3 Å². The van der Waals surface area contributed by atoms with Crippen molar-refractivity contribution in [2.24, 2.45) is 10.7 Å². The third kappa shape index (κ3) is 20.2. The van der Waals surface area contributed by atoms with Crippen molar-refractivity contribution >= 4 is 52.9 Å². The van der Waals surface area contributed by atoms with Crippen LogP contribution in [0.15, 0.2) is 53.5 Å². The molecule has 1 heterocycles. The lowest BCUT2D eigenvalue weighted by Crippen LogP contribution is -2.38. The number of hydrogen-bond donors (Lipinski definition) is 5. The minimum Gasteiger partial charge on any atom is -0.491 e. The topological polar surface area (TPSA) is 265 Å². The van der Waals surface area contributed by atoms with Gasteiger partial charge in [0.15, 0.2) is 28.4 Å². The summed E-state index contributed by atoms with van der Waals surface area (Å²) in [5.41, 5.74) is 19.2. The zero-order valence-electron chi connectivity index (χ0n) is 32.6. The van der Waals surface area contributed by atoms with Crippen LogP contribution in [0.4, 0.5) is 22.1 Å². The molecule has 3 aromatic rings. The average molecular weight is 833 g/mol. The van der Waals surface area contributed by atoms with Crippen LogP contribution in [0.3, 0.4) is 0 Å². The molecule has 8 N–H and O–H groups in total. The lowest BCUT2D eigenvalue weighted by molar-refractivity contribution is -0.144. The van der Waals surface area contributed by atoms with Gasteiger partial charge in [0.05, 0.1) is 65.9 Å². The van der Waals surface area contributed by atoms with E-state index in [1.165, 1.54) is 0 Å². The summed E-state index contributed by atoms with van der Waals surface area (Å²) in [5.74, 6) is -0.650. The number of unbranched alkanes of at least 4 members (excludes halogenated alkanes) is 1. The van der Waals surface area contributed by atoms with E-state index >= 15 is 0 Å². The van der Waals surface area contributed by atoms with Crippen molar-refractivity contribution in [3.63, 3.8) is 0 Å². The number of nitrogen functional groups attached to an aromatic ring is 2. The molecule has 0 radical (unpaired) electrons. The highest BCUT2D eigenvalue weighted by atomic mass is 35.5. The molecule has 19 nitrogen and oxygen atoms in total. The third-order valence-electron chi connectivity index (χ3n) is 7.61. The van der Waals surface area contributed by atoms with Crippen LogP contribution in [0.2, 0.25) is 5.15 Å². The average Bonchev–Trinajstić information content (AvgIpc) is 3.20. The molecule has 318 valence electrons. The SMILES string of the molecule is COCCOCCOCCOC(=O)Cc1ccc(NC(=O)OCCOCCOCCOc2ccc(CCCCN=C(N)NC(=O)c3nc(Cl)c(N)nc3N)cc2)cc1. The van der Waals surface area contributed by atoms with Crippen LogP contribution in [0, 0.1) is 0 Å². The number of anilines is 3. The van der Waals surface area contributed by atoms with Gasteiger partial charge in [0.25, 0.3) is 5.91 Å². The molecule has 0 saturated heterocycles. The summed E-state index contributed by atoms with van der Waals surface area (Å²) in [6.07, 6.45) is 1.91. The lowest BCUT2D eigenvalue weighted by Gasteiger charge is -2.10. The standard InChI is InChI=1S/C38H53ClN8O11/c1-51-14-15-52-16-17-54-21-24-57-31(48)26-28-5-9-29(10-6-28)44-38(50)58-25-22-55-19-18-53-20-23-56-30-11-7-27(8-12-30)4-2-3-13-43-37(42)47-36(49)32-34(40)46-35(41)33(39)45-32/h5-12H,2-4,13-26H2,1H3,(H,44,50)(H4,40,41,46)(H3,42,43,47,49). The van der Waals surface area contributed by atoms with E-state index in [9.17, 15) is 14.4 Å². The van der Waals surface area contributed by atoms with Crippen LogP contribution in [-0.2, 0) is 50.8 Å². The highest BCUT2D eigenvalue weighted by molar-refractivity contribution is 6.31. The molecule has 0 aliphatic carbocycles. The first-order valence-electron chi connectivity index (χ1n) is 18.5. The number of aliphatic imine (C=N–C) groups is 1.